The lowest BCUT2D eigenvalue weighted by Crippen LogP contribution is -2.45. The van der Waals surface area contributed by atoms with Crippen molar-refractivity contribution in [3.63, 3.8) is 0 Å². The molecule has 0 radical (unpaired) electrons. The molecule has 72 heavy (non-hydrogen) atoms. The average molecular weight is 1030 g/mol. The summed E-state index contributed by atoms with van der Waals surface area (Å²) in [5.74, 6) is -0.192. The molecule has 0 saturated carbocycles. The lowest BCUT2D eigenvalue weighted by Gasteiger charge is -2.25. The van der Waals surface area contributed by atoms with E-state index in [1.165, 1.54) is 212 Å². The number of allylic oxidation sites excluding steroid dienone is 9. The molecule has 0 heterocycles. The van der Waals surface area contributed by atoms with Gasteiger partial charge < -0.3 is 19.8 Å². The third-order valence-corrected chi connectivity index (χ3v) is 14.7. The normalized spacial score (nSPS) is 14.3. The van der Waals surface area contributed by atoms with Gasteiger partial charge in [-0.25, -0.2) is 4.57 Å². The molecule has 0 aromatic rings. The standard InChI is InChI=1S/C63H119N2O6P/c1-6-8-10-12-14-16-18-20-22-24-26-28-30-31-32-33-35-37-39-41-43-45-47-49-51-53-55-57-63(67)64-61(60-71-72(68,69)70-59-58-65(3,4)5)62(66)56-54-52-50-48-46-44-42-40-38-36-34-29-27-25-23-21-19-17-15-13-11-9-7-2/h26,28,31-32,38,40,46,48,54,56,61-62,66H,6-25,27,29-30,33-37,39,41-45,47,49-53,55,57-60H2,1-5H3,(H-,64,67,68,69)/p+1/b28-26-,32-31-,40-38+,48-46+,56-54+. The number of phosphoric acid groups is 1. The first-order chi connectivity index (χ1) is 35.0. The Balaban J connectivity index is 4.24. The van der Waals surface area contributed by atoms with E-state index in [1.807, 2.05) is 27.2 Å². The smallest absolute Gasteiger partial charge is 0.387 e. The Labute approximate surface area is 447 Å². The van der Waals surface area contributed by atoms with Gasteiger partial charge in [-0.15, -0.1) is 0 Å². The highest BCUT2D eigenvalue weighted by Gasteiger charge is 2.27. The molecule has 1 amide bonds. The van der Waals surface area contributed by atoms with Crippen LogP contribution < -0.4 is 5.32 Å². The van der Waals surface area contributed by atoms with Crippen LogP contribution >= 0.6 is 7.82 Å². The molecule has 3 N–H and O–H groups in total. The minimum atomic E-state index is -4.36. The van der Waals surface area contributed by atoms with Crippen LogP contribution in [0.5, 0.6) is 0 Å². The van der Waals surface area contributed by atoms with Crippen molar-refractivity contribution in [1.82, 2.24) is 5.32 Å². The first-order valence-electron chi connectivity index (χ1n) is 30.7. The molecule has 0 fully saturated rings. The number of hydrogen-bond acceptors (Lipinski definition) is 5. The summed E-state index contributed by atoms with van der Waals surface area (Å²) in [6.07, 6.45) is 73.4. The van der Waals surface area contributed by atoms with E-state index in [-0.39, 0.29) is 19.1 Å². The number of phosphoric ester groups is 1. The second-order valence-electron chi connectivity index (χ2n) is 22.1. The number of quaternary nitrogens is 1. The van der Waals surface area contributed by atoms with Crippen LogP contribution in [0.2, 0.25) is 0 Å². The molecule has 0 aromatic heterocycles. The van der Waals surface area contributed by atoms with E-state index in [0.29, 0.717) is 17.4 Å². The van der Waals surface area contributed by atoms with Crippen molar-refractivity contribution in [3.8, 4) is 0 Å². The zero-order valence-electron chi connectivity index (χ0n) is 48.2. The Hall–Kier alpha value is -1.80. The third-order valence-electron chi connectivity index (χ3n) is 13.7. The van der Waals surface area contributed by atoms with Crippen molar-refractivity contribution in [2.75, 3.05) is 40.9 Å². The first kappa shape index (κ1) is 70.2. The average Bonchev–Trinajstić information content (AvgIpc) is 3.34. The molecule has 0 bridgehead atoms. The van der Waals surface area contributed by atoms with Crippen LogP contribution in [0.3, 0.4) is 0 Å². The molecule has 9 heteroatoms. The van der Waals surface area contributed by atoms with Crippen molar-refractivity contribution in [2.24, 2.45) is 0 Å². The maximum atomic E-state index is 13.0. The van der Waals surface area contributed by atoms with Crippen LogP contribution in [-0.4, -0.2) is 73.4 Å². The third kappa shape index (κ3) is 55.9. The molecule has 422 valence electrons. The molecule has 0 aliphatic carbocycles. The number of hydrogen-bond donors (Lipinski definition) is 3. The Morgan fingerprint density at radius 2 is 0.806 bits per heavy atom. The van der Waals surface area contributed by atoms with Crippen LogP contribution in [0.15, 0.2) is 60.8 Å². The van der Waals surface area contributed by atoms with Crippen molar-refractivity contribution in [2.45, 2.75) is 296 Å². The van der Waals surface area contributed by atoms with E-state index < -0.39 is 20.0 Å². The number of nitrogens with one attached hydrogen (secondary N) is 1. The number of nitrogens with zero attached hydrogens (tertiary/aromatic N) is 1. The van der Waals surface area contributed by atoms with Gasteiger partial charge in [0.1, 0.15) is 13.2 Å². The molecule has 3 atom stereocenters. The lowest BCUT2D eigenvalue weighted by atomic mass is 10.0. The minimum absolute atomic E-state index is 0.0517. The van der Waals surface area contributed by atoms with Crippen LogP contribution in [0.25, 0.3) is 0 Å². The SMILES string of the molecule is CCCCCCCCCCC/C=C\C/C=C\CCCCCCCCCCCCCC(=O)NC(COP(=O)(O)OCC[N+](C)(C)C)C(O)/C=C/CC/C=C/CC/C=C/CCCCCCCCCCCCCCC. The summed E-state index contributed by atoms with van der Waals surface area (Å²) < 4.78 is 23.7. The van der Waals surface area contributed by atoms with Gasteiger partial charge in [0.25, 0.3) is 0 Å². The van der Waals surface area contributed by atoms with E-state index >= 15 is 0 Å². The summed E-state index contributed by atoms with van der Waals surface area (Å²) in [4.78, 5) is 23.3. The monoisotopic (exact) mass is 1030 g/mol. The van der Waals surface area contributed by atoms with Crippen molar-refractivity contribution in [3.05, 3.63) is 60.8 Å². The number of rotatable bonds is 56. The highest BCUT2D eigenvalue weighted by molar-refractivity contribution is 7.47. The van der Waals surface area contributed by atoms with Gasteiger partial charge in [-0.05, 0) is 77.0 Å². The minimum Gasteiger partial charge on any atom is -0.387 e. The molecule has 0 rings (SSSR count). The fourth-order valence-electron chi connectivity index (χ4n) is 8.87. The van der Waals surface area contributed by atoms with Crippen molar-refractivity contribution in [1.29, 1.82) is 0 Å². The maximum absolute atomic E-state index is 13.0. The van der Waals surface area contributed by atoms with Gasteiger partial charge in [0.15, 0.2) is 0 Å². The van der Waals surface area contributed by atoms with E-state index in [1.54, 1.807) is 6.08 Å². The molecule has 0 aliphatic heterocycles. The molecule has 0 saturated heterocycles. The molecule has 0 aromatic carbocycles. The van der Waals surface area contributed by atoms with Crippen LogP contribution in [0.1, 0.15) is 284 Å². The van der Waals surface area contributed by atoms with Crippen LogP contribution in [0.4, 0.5) is 0 Å². The number of aliphatic hydroxyl groups is 1. The second kappa shape index (κ2) is 54.0. The molecular weight excluding hydrogens is 912 g/mol. The van der Waals surface area contributed by atoms with Gasteiger partial charge in [0.2, 0.25) is 5.91 Å². The van der Waals surface area contributed by atoms with Crippen molar-refractivity contribution >= 4 is 13.7 Å². The number of likely N-dealkylation sites (N-methyl/N-ethyl adjacent to an activating group) is 1. The summed E-state index contributed by atoms with van der Waals surface area (Å²) in [6, 6.07) is -0.874. The lowest BCUT2D eigenvalue weighted by molar-refractivity contribution is -0.870. The molecular formula is C63H120N2O6P+. The van der Waals surface area contributed by atoms with Gasteiger partial charge >= 0.3 is 7.82 Å². The first-order valence-corrected chi connectivity index (χ1v) is 32.2. The Bertz CT molecular complexity index is 1360. The molecule has 3 unspecified atom stereocenters. The molecule has 0 spiro atoms. The Kier molecular flexibility index (Phi) is 52.7. The van der Waals surface area contributed by atoms with E-state index in [9.17, 15) is 19.4 Å². The maximum Gasteiger partial charge on any atom is 0.472 e. The largest absolute Gasteiger partial charge is 0.472 e. The van der Waals surface area contributed by atoms with Gasteiger partial charge in [-0.3, -0.25) is 13.8 Å². The summed E-state index contributed by atoms with van der Waals surface area (Å²) in [5.41, 5.74) is 0. The zero-order valence-corrected chi connectivity index (χ0v) is 49.1. The number of unbranched alkanes of at least 4 members (excludes halogenated alkanes) is 35. The van der Waals surface area contributed by atoms with E-state index in [2.05, 4.69) is 67.8 Å². The van der Waals surface area contributed by atoms with E-state index in [0.717, 1.165) is 51.4 Å². The van der Waals surface area contributed by atoms with E-state index in [4.69, 9.17) is 9.05 Å². The summed E-state index contributed by atoms with van der Waals surface area (Å²) in [7, 11) is 1.55. The van der Waals surface area contributed by atoms with Gasteiger partial charge in [-0.1, -0.05) is 261 Å². The quantitative estimate of drug-likeness (QED) is 0.0243. The molecule has 8 nitrogen and oxygen atoms in total. The highest BCUT2D eigenvalue weighted by Crippen LogP contribution is 2.43. The number of carbonyl (C=O) groups is 1. The fourth-order valence-corrected chi connectivity index (χ4v) is 9.61. The molecule has 0 aliphatic rings. The zero-order chi connectivity index (χ0) is 52.7. The highest BCUT2D eigenvalue weighted by atomic mass is 31.2. The Morgan fingerprint density at radius 3 is 1.19 bits per heavy atom. The number of amides is 1. The summed E-state index contributed by atoms with van der Waals surface area (Å²) in [6.45, 7) is 4.81. The summed E-state index contributed by atoms with van der Waals surface area (Å²) in [5, 5.41) is 13.9. The fraction of sp³-hybridized carbons (Fsp3) is 0.825. The number of carbonyl (C=O) groups excluding carboxylic acids is 1. The predicted molar refractivity (Wildman–Crippen MR) is 314 cm³/mol. The Morgan fingerprint density at radius 1 is 0.472 bits per heavy atom. The van der Waals surface area contributed by atoms with Gasteiger partial charge in [0, 0.05) is 6.42 Å². The van der Waals surface area contributed by atoms with Gasteiger partial charge in [-0.2, -0.15) is 0 Å². The second-order valence-corrected chi connectivity index (χ2v) is 23.5. The topological polar surface area (TPSA) is 105 Å². The van der Waals surface area contributed by atoms with Crippen molar-refractivity contribution < 1.29 is 32.9 Å². The number of aliphatic hydroxyl groups excluding tert-OH is 1. The summed E-state index contributed by atoms with van der Waals surface area (Å²) >= 11 is 0. The van der Waals surface area contributed by atoms with Gasteiger partial charge in [0.05, 0.1) is 39.9 Å². The van der Waals surface area contributed by atoms with Crippen LogP contribution in [0, 0.1) is 0 Å². The predicted octanol–water partition coefficient (Wildman–Crippen LogP) is 18.9. The van der Waals surface area contributed by atoms with Crippen LogP contribution in [-0.2, 0) is 18.4 Å².